The Morgan fingerprint density at radius 2 is 2.23 bits per heavy atom. The number of hydrogen-bond acceptors (Lipinski definition) is 4. The molecule has 0 saturated carbocycles. The summed E-state index contributed by atoms with van der Waals surface area (Å²) < 4.78 is 11.4. The van der Waals surface area contributed by atoms with Gasteiger partial charge in [-0.05, 0) is 31.9 Å². The van der Waals surface area contributed by atoms with Crippen molar-refractivity contribution >= 4 is 5.91 Å². The molecule has 1 aromatic carbocycles. The number of aromatic nitrogens is 2. The van der Waals surface area contributed by atoms with E-state index in [1.54, 1.807) is 0 Å². The lowest BCUT2D eigenvalue weighted by Crippen LogP contribution is -2.42. The molecular formula is C20H25N3O3. The van der Waals surface area contributed by atoms with Crippen molar-refractivity contribution in [2.24, 2.45) is 5.92 Å². The predicted molar refractivity (Wildman–Crippen MR) is 97.2 cm³/mol. The number of piperidine rings is 1. The average molecular weight is 355 g/mol. The molecule has 4 rings (SSSR count). The second-order valence-corrected chi connectivity index (χ2v) is 7.22. The maximum absolute atomic E-state index is 12.9. The Bertz CT molecular complexity index is 769. The summed E-state index contributed by atoms with van der Waals surface area (Å²) >= 11 is 0. The van der Waals surface area contributed by atoms with Crippen LogP contribution in [0, 0.1) is 12.8 Å². The number of benzene rings is 1. The normalized spacial score (nSPS) is 19.9. The van der Waals surface area contributed by atoms with Gasteiger partial charge in [0.2, 0.25) is 0 Å². The molecule has 26 heavy (non-hydrogen) atoms. The third-order valence-corrected chi connectivity index (χ3v) is 5.21. The first kappa shape index (κ1) is 17.1. The second kappa shape index (κ2) is 7.50. The highest BCUT2D eigenvalue weighted by molar-refractivity contribution is 5.94. The summed E-state index contributed by atoms with van der Waals surface area (Å²) in [5.74, 6) is 1.24. The van der Waals surface area contributed by atoms with Crippen LogP contribution < -0.4 is 4.74 Å². The standard InChI is InChI=1S/C20H25N3O3/c1-14-4-6-16(7-5-14)26-12-15-3-2-9-23(11-15)20(24)19-17-13-25-10-8-18(17)21-22-19/h4-7,15H,2-3,8-13H2,1H3,(H,21,22)/t15-/m1/s1. The van der Waals surface area contributed by atoms with E-state index in [0.717, 1.165) is 42.8 Å². The Balaban J connectivity index is 1.38. The average Bonchev–Trinajstić information content (AvgIpc) is 3.11. The van der Waals surface area contributed by atoms with Gasteiger partial charge in [0.15, 0.2) is 5.69 Å². The minimum atomic E-state index is 0.00744. The Labute approximate surface area is 153 Å². The number of nitrogens with one attached hydrogen (secondary N) is 1. The molecule has 0 spiro atoms. The summed E-state index contributed by atoms with van der Waals surface area (Å²) in [6.45, 7) is 5.35. The monoisotopic (exact) mass is 355 g/mol. The molecule has 2 aliphatic heterocycles. The number of nitrogens with zero attached hydrogens (tertiary/aromatic N) is 2. The van der Waals surface area contributed by atoms with Crippen LogP contribution in [0.5, 0.6) is 5.75 Å². The summed E-state index contributed by atoms with van der Waals surface area (Å²) in [7, 11) is 0. The van der Waals surface area contributed by atoms with Crippen molar-refractivity contribution in [2.45, 2.75) is 32.8 Å². The van der Waals surface area contributed by atoms with Crippen molar-refractivity contribution in [1.29, 1.82) is 0 Å². The number of fused-ring (bicyclic) bond motifs is 1. The molecule has 0 unspecified atom stereocenters. The van der Waals surface area contributed by atoms with Crippen LogP contribution >= 0.6 is 0 Å². The highest BCUT2D eigenvalue weighted by atomic mass is 16.5. The number of aromatic amines is 1. The largest absolute Gasteiger partial charge is 0.493 e. The number of carbonyl (C=O) groups excluding carboxylic acids is 1. The van der Waals surface area contributed by atoms with Crippen LogP contribution in [0.25, 0.3) is 0 Å². The van der Waals surface area contributed by atoms with Crippen LogP contribution in [-0.4, -0.2) is 47.3 Å². The number of H-pyrrole nitrogens is 1. The zero-order valence-electron chi connectivity index (χ0n) is 15.2. The summed E-state index contributed by atoms with van der Waals surface area (Å²) in [5.41, 5.74) is 3.72. The first-order chi connectivity index (χ1) is 12.7. The predicted octanol–water partition coefficient (Wildman–Crippen LogP) is 2.72. The smallest absolute Gasteiger partial charge is 0.274 e. The molecule has 3 heterocycles. The number of rotatable bonds is 4. The van der Waals surface area contributed by atoms with Gasteiger partial charge in [-0.25, -0.2) is 0 Å². The van der Waals surface area contributed by atoms with Gasteiger partial charge in [-0.15, -0.1) is 0 Å². The molecule has 1 saturated heterocycles. The van der Waals surface area contributed by atoms with Gasteiger partial charge in [0.1, 0.15) is 5.75 Å². The molecule has 2 aliphatic rings. The Hall–Kier alpha value is -2.34. The van der Waals surface area contributed by atoms with E-state index in [1.807, 2.05) is 17.0 Å². The Morgan fingerprint density at radius 1 is 1.38 bits per heavy atom. The van der Waals surface area contributed by atoms with E-state index in [0.29, 0.717) is 38.0 Å². The molecule has 1 atom stereocenters. The first-order valence-electron chi connectivity index (χ1n) is 9.33. The van der Waals surface area contributed by atoms with Gasteiger partial charge < -0.3 is 14.4 Å². The maximum Gasteiger partial charge on any atom is 0.274 e. The summed E-state index contributed by atoms with van der Waals surface area (Å²) in [5, 5.41) is 7.28. The molecule has 2 aromatic rings. The SMILES string of the molecule is Cc1ccc(OC[C@@H]2CCCN(C(=O)c3n[nH]c4c3COCC4)C2)cc1. The van der Waals surface area contributed by atoms with Crippen LogP contribution in [0.15, 0.2) is 24.3 Å². The third-order valence-electron chi connectivity index (χ3n) is 5.21. The van der Waals surface area contributed by atoms with Gasteiger partial charge in [-0.3, -0.25) is 9.89 Å². The first-order valence-corrected chi connectivity index (χ1v) is 9.33. The van der Waals surface area contributed by atoms with Crippen LogP contribution in [-0.2, 0) is 17.8 Å². The van der Waals surface area contributed by atoms with E-state index in [1.165, 1.54) is 5.56 Å². The highest BCUT2D eigenvalue weighted by Gasteiger charge is 2.29. The number of hydrogen-bond donors (Lipinski definition) is 1. The lowest BCUT2D eigenvalue weighted by Gasteiger charge is -2.32. The fraction of sp³-hybridized carbons (Fsp3) is 0.500. The molecule has 1 amide bonds. The van der Waals surface area contributed by atoms with E-state index < -0.39 is 0 Å². The van der Waals surface area contributed by atoms with Crippen LogP contribution in [0.3, 0.4) is 0 Å². The maximum atomic E-state index is 12.9. The van der Waals surface area contributed by atoms with Crippen molar-refractivity contribution in [1.82, 2.24) is 15.1 Å². The topological polar surface area (TPSA) is 67.5 Å². The third kappa shape index (κ3) is 3.60. The van der Waals surface area contributed by atoms with Crippen LogP contribution in [0.4, 0.5) is 0 Å². The molecule has 1 fully saturated rings. The van der Waals surface area contributed by atoms with Crippen LogP contribution in [0.1, 0.15) is 40.2 Å². The van der Waals surface area contributed by atoms with Crippen molar-refractivity contribution < 1.29 is 14.3 Å². The number of aryl methyl sites for hydroxylation is 1. The lowest BCUT2D eigenvalue weighted by molar-refractivity contribution is 0.0617. The molecule has 0 radical (unpaired) electrons. The van der Waals surface area contributed by atoms with Crippen molar-refractivity contribution in [3.63, 3.8) is 0 Å². The van der Waals surface area contributed by atoms with Crippen molar-refractivity contribution in [2.75, 3.05) is 26.3 Å². The summed E-state index contributed by atoms with van der Waals surface area (Å²) in [6, 6.07) is 8.10. The molecule has 138 valence electrons. The number of carbonyl (C=O) groups is 1. The molecule has 1 N–H and O–H groups in total. The molecule has 6 heteroatoms. The van der Waals surface area contributed by atoms with Gasteiger partial charge in [-0.1, -0.05) is 17.7 Å². The fourth-order valence-electron chi connectivity index (χ4n) is 3.67. The van der Waals surface area contributed by atoms with Crippen LogP contribution in [0.2, 0.25) is 0 Å². The van der Waals surface area contributed by atoms with Crippen molar-refractivity contribution in [3.05, 3.63) is 46.8 Å². The zero-order valence-corrected chi connectivity index (χ0v) is 15.2. The van der Waals surface area contributed by atoms with E-state index in [4.69, 9.17) is 9.47 Å². The Kier molecular flexibility index (Phi) is 4.93. The number of amides is 1. The zero-order chi connectivity index (χ0) is 17.9. The van der Waals surface area contributed by atoms with E-state index in [-0.39, 0.29) is 5.91 Å². The van der Waals surface area contributed by atoms with E-state index >= 15 is 0 Å². The molecular weight excluding hydrogens is 330 g/mol. The van der Waals surface area contributed by atoms with E-state index in [9.17, 15) is 4.79 Å². The molecule has 1 aromatic heterocycles. The van der Waals surface area contributed by atoms with Gasteiger partial charge in [0.25, 0.3) is 5.91 Å². The summed E-state index contributed by atoms with van der Waals surface area (Å²) in [4.78, 5) is 14.9. The van der Waals surface area contributed by atoms with Gasteiger partial charge >= 0.3 is 0 Å². The molecule has 6 nitrogen and oxygen atoms in total. The minimum absolute atomic E-state index is 0.00744. The highest BCUT2D eigenvalue weighted by Crippen LogP contribution is 2.23. The molecule has 0 bridgehead atoms. The quantitative estimate of drug-likeness (QED) is 0.916. The number of likely N-dealkylation sites (tertiary alicyclic amines) is 1. The van der Waals surface area contributed by atoms with Crippen molar-refractivity contribution in [3.8, 4) is 5.75 Å². The Morgan fingerprint density at radius 3 is 3.08 bits per heavy atom. The van der Waals surface area contributed by atoms with Gasteiger partial charge in [-0.2, -0.15) is 5.10 Å². The van der Waals surface area contributed by atoms with Gasteiger partial charge in [0.05, 0.1) is 19.8 Å². The number of ether oxygens (including phenoxy) is 2. The lowest BCUT2D eigenvalue weighted by atomic mass is 9.98. The van der Waals surface area contributed by atoms with Gasteiger partial charge in [0, 0.05) is 36.7 Å². The second-order valence-electron chi connectivity index (χ2n) is 7.22. The summed E-state index contributed by atoms with van der Waals surface area (Å²) in [6.07, 6.45) is 2.87. The molecule has 0 aliphatic carbocycles. The fourth-order valence-corrected chi connectivity index (χ4v) is 3.67. The van der Waals surface area contributed by atoms with E-state index in [2.05, 4.69) is 29.3 Å². The minimum Gasteiger partial charge on any atom is -0.493 e.